The van der Waals surface area contributed by atoms with E-state index >= 15 is 0 Å². The Morgan fingerprint density at radius 1 is 1.07 bits per heavy atom. The number of carbonyl (C=O) groups excluding carboxylic acids is 1. The maximum atomic E-state index is 11.6. The van der Waals surface area contributed by atoms with Gasteiger partial charge < -0.3 is 5.73 Å². The summed E-state index contributed by atoms with van der Waals surface area (Å²) in [4.78, 5) is 20.5. The molecule has 1 amide bonds. The van der Waals surface area contributed by atoms with E-state index in [0.29, 0.717) is 5.69 Å². The number of rotatable bonds is 3. The van der Waals surface area contributed by atoms with Gasteiger partial charge in [0.1, 0.15) is 11.4 Å². The Bertz CT molecular complexity index is 1190. The second kappa shape index (κ2) is 6.02. The van der Waals surface area contributed by atoms with Gasteiger partial charge in [0.2, 0.25) is 0 Å². The van der Waals surface area contributed by atoms with Gasteiger partial charge in [-0.05, 0) is 42.7 Å². The molecule has 0 radical (unpaired) electrons. The number of pyridine rings is 2. The molecule has 0 spiro atoms. The van der Waals surface area contributed by atoms with Crippen molar-refractivity contribution in [2.45, 2.75) is 19.4 Å². The minimum atomic E-state index is -0.542. The minimum absolute atomic E-state index is 0.242. The van der Waals surface area contributed by atoms with Crippen LogP contribution in [0.3, 0.4) is 0 Å². The van der Waals surface area contributed by atoms with Crippen LogP contribution in [0.5, 0.6) is 0 Å². The van der Waals surface area contributed by atoms with Crippen molar-refractivity contribution >= 4 is 16.8 Å². The zero-order valence-electron chi connectivity index (χ0n) is 14.6. The molecular formula is C21H17N5O. The first-order valence-corrected chi connectivity index (χ1v) is 8.93. The molecule has 2 N–H and O–H groups in total. The Hall–Kier alpha value is -3.54. The molecule has 27 heavy (non-hydrogen) atoms. The number of hydrogen-bond donors (Lipinski definition) is 1. The van der Waals surface area contributed by atoms with Crippen LogP contribution >= 0.6 is 0 Å². The van der Waals surface area contributed by atoms with Crippen LogP contribution in [0.25, 0.3) is 33.4 Å². The highest BCUT2D eigenvalue weighted by atomic mass is 16.1. The van der Waals surface area contributed by atoms with E-state index in [1.807, 2.05) is 36.5 Å². The standard InChI is InChI=1S/C21H17N5O/c22-21(27)17-8-3-7-16(24-17)20-19(18-9-4-12-26(18)25-20)14-10-11-23-15-6-2-1-5-13(14)15/h1-3,5-8,10-11H,4,9,12H2,(H2,22,27). The summed E-state index contributed by atoms with van der Waals surface area (Å²) in [6, 6.07) is 15.4. The Kier molecular flexibility index (Phi) is 3.50. The van der Waals surface area contributed by atoms with Crippen molar-refractivity contribution in [1.82, 2.24) is 19.7 Å². The summed E-state index contributed by atoms with van der Waals surface area (Å²) < 4.78 is 2.05. The summed E-state index contributed by atoms with van der Waals surface area (Å²) in [5.74, 6) is -0.542. The molecule has 0 atom stereocenters. The molecule has 1 aromatic carbocycles. The molecule has 6 nitrogen and oxygen atoms in total. The lowest BCUT2D eigenvalue weighted by molar-refractivity contribution is 0.0995. The maximum Gasteiger partial charge on any atom is 0.267 e. The van der Waals surface area contributed by atoms with E-state index < -0.39 is 5.91 Å². The highest BCUT2D eigenvalue weighted by Gasteiger charge is 2.25. The molecule has 5 rings (SSSR count). The fourth-order valence-corrected chi connectivity index (χ4v) is 3.81. The van der Waals surface area contributed by atoms with Crippen molar-refractivity contribution in [2.24, 2.45) is 5.73 Å². The molecule has 1 aliphatic rings. The molecular weight excluding hydrogens is 338 g/mol. The first-order chi connectivity index (χ1) is 13.2. The van der Waals surface area contributed by atoms with Crippen LogP contribution in [0.1, 0.15) is 22.6 Å². The van der Waals surface area contributed by atoms with Crippen LogP contribution in [0.4, 0.5) is 0 Å². The molecule has 6 heteroatoms. The highest BCUT2D eigenvalue weighted by molar-refractivity contribution is 5.99. The van der Waals surface area contributed by atoms with Gasteiger partial charge in [0.15, 0.2) is 0 Å². The van der Waals surface area contributed by atoms with Crippen molar-refractivity contribution in [3.8, 4) is 22.5 Å². The molecule has 0 saturated carbocycles. The average molecular weight is 355 g/mol. The second-order valence-corrected chi connectivity index (χ2v) is 6.64. The monoisotopic (exact) mass is 355 g/mol. The molecule has 1 aliphatic heterocycles. The lowest BCUT2D eigenvalue weighted by Crippen LogP contribution is -2.13. The molecule has 4 heterocycles. The molecule has 3 aromatic heterocycles. The number of benzene rings is 1. The zero-order chi connectivity index (χ0) is 18.4. The number of nitrogens with zero attached hydrogens (tertiary/aromatic N) is 4. The second-order valence-electron chi connectivity index (χ2n) is 6.64. The predicted molar refractivity (Wildman–Crippen MR) is 103 cm³/mol. The van der Waals surface area contributed by atoms with Crippen LogP contribution in [-0.4, -0.2) is 25.7 Å². The number of hydrogen-bond acceptors (Lipinski definition) is 4. The summed E-state index contributed by atoms with van der Waals surface area (Å²) in [5, 5.41) is 5.90. The van der Waals surface area contributed by atoms with Gasteiger partial charge in [0.05, 0.1) is 11.2 Å². The average Bonchev–Trinajstić information content (AvgIpc) is 3.29. The first kappa shape index (κ1) is 15.7. The molecule has 132 valence electrons. The summed E-state index contributed by atoms with van der Waals surface area (Å²) in [6.07, 6.45) is 3.87. The Morgan fingerprint density at radius 3 is 2.85 bits per heavy atom. The van der Waals surface area contributed by atoms with Gasteiger partial charge in [-0.15, -0.1) is 0 Å². The molecule has 0 saturated heterocycles. The summed E-state index contributed by atoms with van der Waals surface area (Å²) in [6.45, 7) is 0.890. The topological polar surface area (TPSA) is 86.7 Å². The largest absolute Gasteiger partial charge is 0.364 e. The van der Waals surface area contributed by atoms with Crippen molar-refractivity contribution in [3.05, 3.63) is 66.1 Å². The number of amides is 1. The van der Waals surface area contributed by atoms with Gasteiger partial charge in [-0.25, -0.2) is 4.98 Å². The summed E-state index contributed by atoms with van der Waals surface area (Å²) >= 11 is 0. The van der Waals surface area contributed by atoms with Crippen LogP contribution in [0.15, 0.2) is 54.7 Å². The van der Waals surface area contributed by atoms with E-state index in [1.165, 1.54) is 5.69 Å². The lowest BCUT2D eigenvalue weighted by atomic mass is 9.96. The molecule has 0 fully saturated rings. The normalized spacial score (nSPS) is 13.0. The van der Waals surface area contributed by atoms with Crippen molar-refractivity contribution < 1.29 is 4.79 Å². The Labute approximate surface area is 155 Å². The first-order valence-electron chi connectivity index (χ1n) is 8.93. The summed E-state index contributed by atoms with van der Waals surface area (Å²) in [5.41, 5.74) is 11.4. The van der Waals surface area contributed by atoms with Gasteiger partial charge in [-0.1, -0.05) is 24.3 Å². The van der Waals surface area contributed by atoms with Gasteiger partial charge in [-0.3, -0.25) is 14.5 Å². The number of carbonyl (C=O) groups is 1. The third-order valence-electron chi connectivity index (χ3n) is 5.00. The SMILES string of the molecule is NC(=O)c1cccc(-c2nn3c(c2-c2ccnc4ccccc24)CCC3)n1. The highest BCUT2D eigenvalue weighted by Crippen LogP contribution is 2.39. The van der Waals surface area contributed by atoms with Crippen molar-refractivity contribution in [3.63, 3.8) is 0 Å². The van der Waals surface area contributed by atoms with Gasteiger partial charge in [-0.2, -0.15) is 5.10 Å². The van der Waals surface area contributed by atoms with Crippen molar-refractivity contribution in [1.29, 1.82) is 0 Å². The molecule has 0 unspecified atom stereocenters. The fraction of sp³-hybridized carbons (Fsp3) is 0.143. The van der Waals surface area contributed by atoms with Crippen LogP contribution < -0.4 is 5.73 Å². The number of para-hydroxylation sites is 1. The maximum absolute atomic E-state index is 11.6. The number of primary amides is 1. The zero-order valence-corrected chi connectivity index (χ0v) is 14.6. The Balaban J connectivity index is 1.80. The third kappa shape index (κ3) is 2.49. The van der Waals surface area contributed by atoms with Gasteiger partial charge in [0, 0.05) is 29.4 Å². The van der Waals surface area contributed by atoms with E-state index in [9.17, 15) is 4.79 Å². The number of aromatic nitrogens is 4. The smallest absolute Gasteiger partial charge is 0.267 e. The lowest BCUT2D eigenvalue weighted by Gasteiger charge is -2.09. The van der Waals surface area contributed by atoms with Crippen LogP contribution in [0.2, 0.25) is 0 Å². The molecule has 0 bridgehead atoms. The quantitative estimate of drug-likeness (QED) is 0.611. The van der Waals surface area contributed by atoms with Crippen molar-refractivity contribution in [2.75, 3.05) is 0 Å². The minimum Gasteiger partial charge on any atom is -0.364 e. The van der Waals surface area contributed by atoms with E-state index in [-0.39, 0.29) is 5.69 Å². The van der Waals surface area contributed by atoms with E-state index in [4.69, 9.17) is 10.8 Å². The Morgan fingerprint density at radius 2 is 1.96 bits per heavy atom. The number of fused-ring (bicyclic) bond motifs is 2. The predicted octanol–water partition coefficient (Wildman–Crippen LogP) is 3.21. The van der Waals surface area contributed by atoms with E-state index in [1.54, 1.807) is 12.1 Å². The summed E-state index contributed by atoms with van der Waals surface area (Å²) in [7, 11) is 0. The fourth-order valence-electron chi connectivity index (χ4n) is 3.81. The van der Waals surface area contributed by atoms with Gasteiger partial charge in [0.25, 0.3) is 5.91 Å². The number of aryl methyl sites for hydroxylation is 1. The van der Waals surface area contributed by atoms with Crippen LogP contribution in [0, 0.1) is 0 Å². The van der Waals surface area contributed by atoms with E-state index in [2.05, 4.69) is 20.7 Å². The molecule has 0 aliphatic carbocycles. The molecule has 4 aromatic rings. The third-order valence-corrected chi connectivity index (χ3v) is 5.00. The number of nitrogens with two attached hydrogens (primary N) is 1. The van der Waals surface area contributed by atoms with Gasteiger partial charge >= 0.3 is 0 Å². The van der Waals surface area contributed by atoms with Crippen LogP contribution in [-0.2, 0) is 13.0 Å². The van der Waals surface area contributed by atoms with E-state index in [0.717, 1.165) is 47.1 Å².